The van der Waals surface area contributed by atoms with Crippen LogP contribution in [0.25, 0.3) is 0 Å². The third-order valence-corrected chi connectivity index (χ3v) is 2.44. The third-order valence-electron chi connectivity index (χ3n) is 2.05. The van der Waals surface area contributed by atoms with Crippen LogP contribution in [-0.2, 0) is 10.4 Å². The molecule has 0 aliphatic heterocycles. The first-order chi connectivity index (χ1) is 6.58. The molecule has 3 heteroatoms. The molecule has 0 unspecified atom stereocenters. The fourth-order valence-electron chi connectivity index (χ4n) is 1.31. The second kappa shape index (κ2) is 4.82. The van der Waals surface area contributed by atoms with Gasteiger partial charge in [0.15, 0.2) is 0 Å². The van der Waals surface area contributed by atoms with Gasteiger partial charge < -0.3 is 4.84 Å². The van der Waals surface area contributed by atoms with E-state index in [1.165, 1.54) is 0 Å². The minimum absolute atomic E-state index is 0.214. The molecule has 1 aromatic rings. The molecule has 78 valence electrons. The second-order valence-electron chi connectivity index (χ2n) is 3.68. The van der Waals surface area contributed by atoms with Crippen LogP contribution in [0.4, 0.5) is 0 Å². The van der Waals surface area contributed by atoms with Crippen LogP contribution in [0, 0.1) is 0 Å². The monoisotopic (exact) mass is 211 g/mol. The number of hydroxylamine groups is 1. The van der Waals surface area contributed by atoms with Crippen molar-refractivity contribution in [3.05, 3.63) is 29.8 Å². The van der Waals surface area contributed by atoms with Gasteiger partial charge in [-0.3, -0.25) is 0 Å². The van der Waals surface area contributed by atoms with Crippen molar-refractivity contribution in [3.63, 3.8) is 0 Å². The smallest absolute Gasteiger partial charge is 0.0654 e. The average molecular weight is 211 g/mol. The largest absolute Gasteiger partial charge is 0.301 e. The Morgan fingerprint density at radius 3 is 2.57 bits per heavy atom. The Morgan fingerprint density at radius 2 is 2.00 bits per heavy atom. The fourth-order valence-corrected chi connectivity index (χ4v) is 1.75. The number of rotatable bonds is 4. The van der Waals surface area contributed by atoms with Gasteiger partial charge >= 0.3 is 0 Å². The maximum atomic E-state index is 5.22. The molecular weight excluding hydrogens is 194 g/mol. The van der Waals surface area contributed by atoms with Gasteiger partial charge in [-0.2, -0.15) is 5.48 Å². The van der Waals surface area contributed by atoms with Gasteiger partial charge in [0.05, 0.1) is 12.1 Å². The molecule has 0 heterocycles. The van der Waals surface area contributed by atoms with Gasteiger partial charge in [-0.25, -0.2) is 0 Å². The molecule has 0 saturated carbocycles. The van der Waals surface area contributed by atoms with Crippen LogP contribution in [0.3, 0.4) is 0 Å². The lowest BCUT2D eigenvalue weighted by atomic mass is 9.95. The highest BCUT2D eigenvalue weighted by Gasteiger charge is 2.21. The van der Waals surface area contributed by atoms with E-state index in [9.17, 15) is 0 Å². The normalized spacial score (nSPS) is 11.7. The Bertz CT molecular complexity index is 299. The van der Waals surface area contributed by atoms with E-state index in [2.05, 4.69) is 32.0 Å². The van der Waals surface area contributed by atoms with Gasteiger partial charge in [0.1, 0.15) is 0 Å². The van der Waals surface area contributed by atoms with E-state index in [4.69, 9.17) is 4.84 Å². The van der Waals surface area contributed by atoms with E-state index in [0.717, 1.165) is 10.5 Å². The lowest BCUT2D eigenvalue weighted by Gasteiger charge is -2.27. The van der Waals surface area contributed by atoms with E-state index < -0.39 is 0 Å². The molecule has 2 nitrogen and oxygen atoms in total. The molecule has 14 heavy (non-hydrogen) atoms. The molecule has 0 amide bonds. The van der Waals surface area contributed by atoms with Crippen LogP contribution in [0.5, 0.6) is 0 Å². The fraction of sp³-hybridized carbons (Fsp3) is 0.455. The highest BCUT2D eigenvalue weighted by Crippen LogP contribution is 2.25. The molecule has 1 N–H and O–H groups in total. The van der Waals surface area contributed by atoms with Gasteiger partial charge in [-0.15, -0.1) is 12.6 Å². The molecule has 0 aromatic heterocycles. The molecule has 0 aliphatic carbocycles. The van der Waals surface area contributed by atoms with Crippen LogP contribution in [0.2, 0.25) is 0 Å². The Labute approximate surface area is 91.0 Å². The molecule has 0 aliphatic rings. The second-order valence-corrected chi connectivity index (χ2v) is 4.16. The summed E-state index contributed by atoms with van der Waals surface area (Å²) < 4.78 is 0. The van der Waals surface area contributed by atoms with E-state index in [1.54, 1.807) is 0 Å². The summed E-state index contributed by atoms with van der Waals surface area (Å²) >= 11 is 4.42. The molecule has 1 aromatic carbocycles. The maximum absolute atomic E-state index is 5.22. The van der Waals surface area contributed by atoms with Gasteiger partial charge in [0, 0.05) is 4.90 Å². The van der Waals surface area contributed by atoms with E-state index >= 15 is 0 Å². The summed E-state index contributed by atoms with van der Waals surface area (Å²) in [5.41, 5.74) is 3.94. The summed E-state index contributed by atoms with van der Waals surface area (Å²) in [7, 11) is 0. The summed E-state index contributed by atoms with van der Waals surface area (Å²) in [6.07, 6.45) is 0. The Morgan fingerprint density at radius 1 is 1.36 bits per heavy atom. The molecule has 1 rings (SSSR count). The number of benzene rings is 1. The van der Waals surface area contributed by atoms with Crippen molar-refractivity contribution < 1.29 is 4.84 Å². The van der Waals surface area contributed by atoms with Crippen molar-refractivity contribution in [2.75, 3.05) is 6.61 Å². The van der Waals surface area contributed by atoms with Crippen LogP contribution >= 0.6 is 12.6 Å². The molecule has 0 spiro atoms. The quantitative estimate of drug-likeness (QED) is 0.590. The number of nitrogens with one attached hydrogen (secondary N) is 1. The van der Waals surface area contributed by atoms with Crippen LogP contribution in [0.15, 0.2) is 29.2 Å². The highest BCUT2D eigenvalue weighted by molar-refractivity contribution is 7.80. The van der Waals surface area contributed by atoms with Crippen molar-refractivity contribution in [1.82, 2.24) is 5.48 Å². The topological polar surface area (TPSA) is 21.3 Å². The van der Waals surface area contributed by atoms with Gasteiger partial charge in [-0.05, 0) is 32.4 Å². The summed E-state index contributed by atoms with van der Waals surface area (Å²) in [6, 6.07) is 8.01. The van der Waals surface area contributed by atoms with Crippen molar-refractivity contribution >= 4 is 12.6 Å². The van der Waals surface area contributed by atoms with Gasteiger partial charge in [-0.1, -0.05) is 18.2 Å². The number of hydrogen-bond acceptors (Lipinski definition) is 3. The Kier molecular flexibility index (Phi) is 3.98. The highest BCUT2D eigenvalue weighted by atomic mass is 32.1. The van der Waals surface area contributed by atoms with Crippen LogP contribution < -0.4 is 5.48 Å². The van der Waals surface area contributed by atoms with Crippen molar-refractivity contribution in [2.45, 2.75) is 31.2 Å². The number of thiol groups is 1. The lowest BCUT2D eigenvalue weighted by Crippen LogP contribution is -2.36. The molecule has 0 atom stereocenters. The van der Waals surface area contributed by atoms with E-state index in [1.807, 2.05) is 31.2 Å². The summed E-state index contributed by atoms with van der Waals surface area (Å²) in [4.78, 5) is 6.20. The Balaban J connectivity index is 2.86. The van der Waals surface area contributed by atoms with Gasteiger partial charge in [0.2, 0.25) is 0 Å². The average Bonchev–Trinajstić information content (AvgIpc) is 2.15. The first-order valence-electron chi connectivity index (χ1n) is 4.75. The minimum Gasteiger partial charge on any atom is -0.301 e. The SMILES string of the molecule is CCONC(C)(C)c1ccccc1S. The summed E-state index contributed by atoms with van der Waals surface area (Å²) in [5, 5.41) is 0. The first kappa shape index (κ1) is 11.6. The van der Waals surface area contributed by atoms with Crippen LogP contribution in [-0.4, -0.2) is 6.61 Å². The van der Waals surface area contributed by atoms with Crippen molar-refractivity contribution in [3.8, 4) is 0 Å². The molecule has 0 radical (unpaired) electrons. The van der Waals surface area contributed by atoms with Crippen LogP contribution in [0.1, 0.15) is 26.3 Å². The van der Waals surface area contributed by atoms with Crippen molar-refractivity contribution in [2.24, 2.45) is 0 Å². The van der Waals surface area contributed by atoms with Gasteiger partial charge in [0.25, 0.3) is 0 Å². The lowest BCUT2D eigenvalue weighted by molar-refractivity contribution is -0.00697. The summed E-state index contributed by atoms with van der Waals surface area (Å²) in [6.45, 7) is 6.74. The molecule has 0 fully saturated rings. The predicted molar refractivity (Wildman–Crippen MR) is 61.5 cm³/mol. The maximum Gasteiger partial charge on any atom is 0.0654 e. The zero-order chi connectivity index (χ0) is 10.6. The molecule has 0 bridgehead atoms. The molecule has 0 saturated heterocycles. The zero-order valence-electron chi connectivity index (χ0n) is 8.87. The molecular formula is C11H17NOS. The van der Waals surface area contributed by atoms with Crippen molar-refractivity contribution in [1.29, 1.82) is 0 Å². The van der Waals surface area contributed by atoms with E-state index in [-0.39, 0.29) is 5.54 Å². The zero-order valence-corrected chi connectivity index (χ0v) is 9.77. The summed E-state index contributed by atoms with van der Waals surface area (Å²) in [5.74, 6) is 0. The standard InChI is InChI=1S/C11H17NOS/c1-4-13-12-11(2,3)9-7-5-6-8-10(9)14/h5-8,12,14H,4H2,1-3H3. The first-order valence-corrected chi connectivity index (χ1v) is 5.20. The third kappa shape index (κ3) is 2.74. The Hall–Kier alpha value is -0.510. The predicted octanol–water partition coefficient (Wildman–Crippen LogP) is 2.75. The minimum atomic E-state index is -0.214. The van der Waals surface area contributed by atoms with E-state index in [0.29, 0.717) is 6.61 Å². The number of hydrogen-bond donors (Lipinski definition) is 2.